The van der Waals surface area contributed by atoms with Crippen molar-refractivity contribution in [1.29, 1.82) is 0 Å². The molecular formula is C6H4Cl2OS. The molecule has 0 aromatic heterocycles. The monoisotopic (exact) mass is 194 g/mol. The number of rotatable bonds is 1. The molecule has 0 heterocycles. The highest BCUT2D eigenvalue weighted by Crippen LogP contribution is 2.13. The van der Waals surface area contributed by atoms with Crippen LogP contribution in [0.4, 0.5) is 0 Å². The van der Waals surface area contributed by atoms with Crippen molar-refractivity contribution in [3.8, 4) is 0 Å². The van der Waals surface area contributed by atoms with Gasteiger partial charge in [0.1, 0.15) is 10.0 Å². The lowest BCUT2D eigenvalue weighted by atomic mass is 10.4. The summed E-state index contributed by atoms with van der Waals surface area (Å²) in [6, 6.07) is 6.56. The molecular weight excluding hydrogens is 191 g/mol. The molecule has 1 atom stereocenters. The molecule has 1 rings (SSSR count). The van der Waals surface area contributed by atoms with E-state index in [0.29, 0.717) is 9.92 Å². The molecule has 10 heavy (non-hydrogen) atoms. The summed E-state index contributed by atoms with van der Waals surface area (Å²) >= 11 is 5.57. The summed E-state index contributed by atoms with van der Waals surface area (Å²) in [6.45, 7) is 0. The second-order valence-corrected chi connectivity index (χ2v) is 3.87. The second-order valence-electron chi connectivity index (χ2n) is 1.68. The first-order chi connectivity index (χ1) is 4.70. The van der Waals surface area contributed by atoms with Crippen LogP contribution >= 0.6 is 22.3 Å². The molecule has 0 fully saturated rings. The summed E-state index contributed by atoms with van der Waals surface area (Å²) in [5.41, 5.74) is 0. The van der Waals surface area contributed by atoms with E-state index in [-0.39, 0.29) is 0 Å². The van der Waals surface area contributed by atoms with E-state index in [0.717, 1.165) is 0 Å². The van der Waals surface area contributed by atoms with E-state index in [1.54, 1.807) is 24.3 Å². The molecule has 0 saturated carbocycles. The quantitative estimate of drug-likeness (QED) is 0.629. The Hall–Kier alpha value is -0.0500. The Kier molecular flexibility index (Phi) is 2.72. The van der Waals surface area contributed by atoms with Gasteiger partial charge in [-0.05, 0) is 34.9 Å². The van der Waals surface area contributed by atoms with Gasteiger partial charge in [0.15, 0.2) is 0 Å². The van der Waals surface area contributed by atoms with Crippen LogP contribution in [-0.4, -0.2) is 4.21 Å². The maximum absolute atomic E-state index is 10.6. The summed E-state index contributed by atoms with van der Waals surface area (Å²) in [6.07, 6.45) is 0. The van der Waals surface area contributed by atoms with Crippen molar-refractivity contribution in [2.75, 3.05) is 0 Å². The number of benzene rings is 1. The summed E-state index contributed by atoms with van der Waals surface area (Å²) in [4.78, 5) is 0.575. The molecule has 4 heteroatoms. The fourth-order valence-electron chi connectivity index (χ4n) is 0.542. The molecule has 0 amide bonds. The van der Waals surface area contributed by atoms with E-state index in [9.17, 15) is 4.21 Å². The average molecular weight is 195 g/mol. The Labute approximate surface area is 70.9 Å². The highest BCUT2D eigenvalue weighted by Gasteiger charge is 1.96. The lowest BCUT2D eigenvalue weighted by Crippen LogP contribution is -1.78. The SMILES string of the molecule is O=[S@](Cl)c1ccc(Cl)cc1. The molecule has 1 nitrogen and oxygen atoms in total. The summed E-state index contributed by atoms with van der Waals surface area (Å²) < 4.78 is 10.6. The van der Waals surface area contributed by atoms with Gasteiger partial charge in [0.2, 0.25) is 0 Å². The minimum atomic E-state index is -1.42. The highest BCUT2D eigenvalue weighted by molar-refractivity contribution is 8.08. The van der Waals surface area contributed by atoms with Crippen LogP contribution in [0.2, 0.25) is 5.02 Å². The van der Waals surface area contributed by atoms with Gasteiger partial charge in [-0.3, -0.25) is 0 Å². The Morgan fingerprint density at radius 2 is 1.70 bits per heavy atom. The Balaban J connectivity index is 3.00. The van der Waals surface area contributed by atoms with Crippen LogP contribution in [0.1, 0.15) is 0 Å². The maximum atomic E-state index is 10.6. The Morgan fingerprint density at radius 3 is 2.10 bits per heavy atom. The molecule has 0 N–H and O–H groups in total. The van der Waals surface area contributed by atoms with E-state index in [1.165, 1.54) is 0 Å². The molecule has 0 aliphatic rings. The normalized spacial score (nSPS) is 13.0. The maximum Gasteiger partial charge on any atom is 0.147 e. The topological polar surface area (TPSA) is 17.1 Å². The van der Waals surface area contributed by atoms with Crippen LogP contribution in [-0.2, 0) is 10.0 Å². The summed E-state index contributed by atoms with van der Waals surface area (Å²) in [7, 11) is 3.86. The van der Waals surface area contributed by atoms with Gasteiger partial charge in [0.05, 0.1) is 4.90 Å². The first-order valence-corrected chi connectivity index (χ1v) is 4.89. The van der Waals surface area contributed by atoms with Crippen LogP contribution < -0.4 is 0 Å². The zero-order valence-electron chi connectivity index (χ0n) is 4.88. The zero-order chi connectivity index (χ0) is 7.56. The third-order valence-corrected chi connectivity index (χ3v) is 2.43. The molecule has 0 aliphatic heterocycles. The van der Waals surface area contributed by atoms with Gasteiger partial charge in [0, 0.05) is 5.02 Å². The molecule has 0 unspecified atom stereocenters. The number of hydrogen-bond acceptors (Lipinski definition) is 1. The third-order valence-electron chi connectivity index (χ3n) is 0.999. The van der Waals surface area contributed by atoms with E-state index >= 15 is 0 Å². The molecule has 1 aromatic carbocycles. The van der Waals surface area contributed by atoms with Crippen molar-refractivity contribution in [2.45, 2.75) is 4.90 Å². The first-order valence-electron chi connectivity index (χ1n) is 2.54. The predicted molar refractivity (Wildman–Crippen MR) is 43.7 cm³/mol. The lowest BCUT2D eigenvalue weighted by Gasteiger charge is -1.91. The van der Waals surface area contributed by atoms with E-state index < -0.39 is 10.0 Å². The molecule has 0 saturated heterocycles. The van der Waals surface area contributed by atoms with Gasteiger partial charge in [0.25, 0.3) is 0 Å². The van der Waals surface area contributed by atoms with E-state index in [2.05, 4.69) is 0 Å². The van der Waals surface area contributed by atoms with Crippen LogP contribution in [0, 0.1) is 0 Å². The summed E-state index contributed by atoms with van der Waals surface area (Å²) in [5, 5.41) is 0.617. The average Bonchev–Trinajstić information content (AvgIpc) is 1.88. The number of halogens is 2. The Morgan fingerprint density at radius 1 is 1.20 bits per heavy atom. The molecule has 0 spiro atoms. The molecule has 0 bridgehead atoms. The van der Waals surface area contributed by atoms with Crippen LogP contribution in [0.15, 0.2) is 29.2 Å². The van der Waals surface area contributed by atoms with E-state index in [4.69, 9.17) is 22.3 Å². The fraction of sp³-hybridized carbons (Fsp3) is 0. The van der Waals surface area contributed by atoms with Crippen LogP contribution in [0.5, 0.6) is 0 Å². The van der Waals surface area contributed by atoms with Crippen LogP contribution in [0.25, 0.3) is 0 Å². The standard InChI is InChI=1S/C6H4Cl2OS/c7-5-1-3-6(4-2-5)10(8)9/h1-4H/t10-/m0/s1. The molecule has 1 aromatic rings. The second kappa shape index (κ2) is 3.37. The van der Waals surface area contributed by atoms with E-state index in [1.807, 2.05) is 0 Å². The first kappa shape index (κ1) is 8.05. The molecule has 0 aliphatic carbocycles. The van der Waals surface area contributed by atoms with Gasteiger partial charge in [-0.15, -0.1) is 0 Å². The fourth-order valence-corrected chi connectivity index (χ4v) is 1.33. The van der Waals surface area contributed by atoms with Crippen molar-refractivity contribution in [3.63, 3.8) is 0 Å². The van der Waals surface area contributed by atoms with Gasteiger partial charge >= 0.3 is 0 Å². The predicted octanol–water partition coefficient (Wildman–Crippen LogP) is 2.60. The Bertz CT molecular complexity index is 244. The van der Waals surface area contributed by atoms with Crippen LogP contribution in [0.3, 0.4) is 0 Å². The van der Waals surface area contributed by atoms with Crippen molar-refractivity contribution < 1.29 is 4.21 Å². The largest absolute Gasteiger partial charge is 0.237 e. The van der Waals surface area contributed by atoms with Crippen molar-refractivity contribution in [1.82, 2.24) is 0 Å². The highest BCUT2D eigenvalue weighted by atomic mass is 35.7. The zero-order valence-corrected chi connectivity index (χ0v) is 7.21. The smallest absolute Gasteiger partial charge is 0.147 e. The van der Waals surface area contributed by atoms with Gasteiger partial charge in [-0.2, -0.15) is 0 Å². The van der Waals surface area contributed by atoms with Gasteiger partial charge in [-0.1, -0.05) is 11.6 Å². The van der Waals surface area contributed by atoms with Gasteiger partial charge < -0.3 is 0 Å². The van der Waals surface area contributed by atoms with Crippen molar-refractivity contribution >= 4 is 32.3 Å². The lowest BCUT2D eigenvalue weighted by molar-refractivity contribution is 0.691. The molecule has 54 valence electrons. The third kappa shape index (κ3) is 1.97. The minimum absolute atomic E-state index is 0.575. The number of hydrogen-bond donors (Lipinski definition) is 0. The summed E-state index contributed by atoms with van der Waals surface area (Å²) in [5.74, 6) is 0. The minimum Gasteiger partial charge on any atom is -0.237 e. The molecule has 0 radical (unpaired) electrons. The van der Waals surface area contributed by atoms with Gasteiger partial charge in [-0.25, -0.2) is 4.21 Å². The van der Waals surface area contributed by atoms with Crippen molar-refractivity contribution in [3.05, 3.63) is 29.3 Å². The van der Waals surface area contributed by atoms with Crippen molar-refractivity contribution in [2.24, 2.45) is 0 Å².